The predicted octanol–water partition coefficient (Wildman–Crippen LogP) is 3.78. The van der Waals surface area contributed by atoms with Gasteiger partial charge in [0.25, 0.3) is 0 Å². The molecule has 0 aliphatic heterocycles. The Morgan fingerprint density at radius 1 is 1.20 bits per heavy atom. The molecule has 0 atom stereocenters. The lowest BCUT2D eigenvalue weighted by Crippen LogP contribution is -2.11. The fourth-order valence-corrected chi connectivity index (χ4v) is 2.76. The number of aryl methyl sites for hydroxylation is 1. The van der Waals surface area contributed by atoms with Crippen LogP contribution in [0.4, 0.5) is 0 Å². The minimum Gasteiger partial charge on any atom is -0.487 e. The van der Waals surface area contributed by atoms with Crippen molar-refractivity contribution in [3.8, 4) is 5.75 Å². The molecule has 4 heteroatoms. The number of ether oxygens (including phenoxy) is 1. The Hall–Kier alpha value is -1.39. The molecule has 0 fully saturated rings. The van der Waals surface area contributed by atoms with Crippen molar-refractivity contribution < 1.29 is 4.74 Å². The quantitative estimate of drug-likeness (QED) is 0.803. The second kappa shape index (κ2) is 8.02. The van der Waals surface area contributed by atoms with Crippen molar-refractivity contribution in [3.05, 3.63) is 45.9 Å². The molecule has 3 nitrogen and oxygen atoms in total. The summed E-state index contributed by atoms with van der Waals surface area (Å²) in [6.45, 7) is 6.73. The highest BCUT2D eigenvalue weighted by atomic mass is 32.1. The van der Waals surface area contributed by atoms with Gasteiger partial charge in [0.2, 0.25) is 0 Å². The fraction of sp³-hybridized carbons (Fsp3) is 0.438. The first-order chi connectivity index (χ1) is 9.81. The average Bonchev–Trinajstić information content (AvgIpc) is 2.92. The van der Waals surface area contributed by atoms with Crippen LogP contribution in [0.5, 0.6) is 5.75 Å². The standard InChI is InChI=1S/C16H22N2OS/c1-3-5-16-18-14(12-20-16)11-19-15-8-6-13(7-9-15)10-17-4-2/h6-9,12,17H,3-5,10-11H2,1-2H3. The molecule has 108 valence electrons. The molecule has 1 aromatic carbocycles. The number of thiazole rings is 1. The van der Waals surface area contributed by atoms with Crippen molar-refractivity contribution in [1.29, 1.82) is 0 Å². The molecule has 0 radical (unpaired) electrons. The summed E-state index contributed by atoms with van der Waals surface area (Å²) in [4.78, 5) is 4.56. The summed E-state index contributed by atoms with van der Waals surface area (Å²) < 4.78 is 5.77. The Labute approximate surface area is 125 Å². The van der Waals surface area contributed by atoms with E-state index in [1.807, 2.05) is 12.1 Å². The van der Waals surface area contributed by atoms with Gasteiger partial charge in [-0.3, -0.25) is 0 Å². The Morgan fingerprint density at radius 3 is 2.70 bits per heavy atom. The van der Waals surface area contributed by atoms with Gasteiger partial charge in [-0.25, -0.2) is 4.98 Å². The smallest absolute Gasteiger partial charge is 0.131 e. The molecule has 2 aromatic rings. The molecule has 0 spiro atoms. The summed E-state index contributed by atoms with van der Waals surface area (Å²) in [5, 5.41) is 6.60. The van der Waals surface area contributed by atoms with E-state index in [0.29, 0.717) is 6.61 Å². The molecular formula is C16H22N2OS. The number of benzene rings is 1. The van der Waals surface area contributed by atoms with E-state index in [0.717, 1.165) is 37.4 Å². The van der Waals surface area contributed by atoms with Crippen molar-refractivity contribution in [2.24, 2.45) is 0 Å². The van der Waals surface area contributed by atoms with Crippen LogP contribution in [0.3, 0.4) is 0 Å². The van der Waals surface area contributed by atoms with Gasteiger partial charge in [-0.1, -0.05) is 26.0 Å². The zero-order valence-corrected chi connectivity index (χ0v) is 13.0. The molecule has 0 amide bonds. The number of hydrogen-bond acceptors (Lipinski definition) is 4. The molecule has 2 rings (SSSR count). The van der Waals surface area contributed by atoms with E-state index in [9.17, 15) is 0 Å². The van der Waals surface area contributed by atoms with E-state index in [1.165, 1.54) is 10.6 Å². The van der Waals surface area contributed by atoms with Gasteiger partial charge in [0.1, 0.15) is 12.4 Å². The molecule has 0 bridgehead atoms. The lowest BCUT2D eigenvalue weighted by Gasteiger charge is -2.06. The van der Waals surface area contributed by atoms with Gasteiger partial charge >= 0.3 is 0 Å². The third-order valence-electron chi connectivity index (χ3n) is 2.95. The minimum absolute atomic E-state index is 0.548. The van der Waals surface area contributed by atoms with E-state index >= 15 is 0 Å². The molecule has 0 aliphatic carbocycles. The van der Waals surface area contributed by atoms with Gasteiger partial charge in [0.15, 0.2) is 0 Å². The van der Waals surface area contributed by atoms with Crippen molar-refractivity contribution >= 4 is 11.3 Å². The first kappa shape index (κ1) is 15.0. The molecule has 0 saturated carbocycles. The molecule has 0 aliphatic rings. The second-order valence-electron chi connectivity index (χ2n) is 4.70. The highest BCUT2D eigenvalue weighted by Crippen LogP contribution is 2.16. The first-order valence-corrected chi connectivity index (χ1v) is 8.05. The van der Waals surface area contributed by atoms with Crippen molar-refractivity contribution in [2.45, 2.75) is 39.8 Å². The Morgan fingerprint density at radius 2 is 2.00 bits per heavy atom. The van der Waals surface area contributed by atoms with E-state index in [2.05, 4.69) is 41.7 Å². The Kier molecular flexibility index (Phi) is 6.02. The highest BCUT2D eigenvalue weighted by Gasteiger charge is 2.02. The lowest BCUT2D eigenvalue weighted by molar-refractivity contribution is 0.302. The first-order valence-electron chi connectivity index (χ1n) is 7.17. The Bertz CT molecular complexity index is 507. The maximum absolute atomic E-state index is 5.77. The lowest BCUT2D eigenvalue weighted by atomic mass is 10.2. The van der Waals surface area contributed by atoms with Crippen LogP contribution in [0.1, 0.15) is 36.5 Å². The summed E-state index contributed by atoms with van der Waals surface area (Å²) in [5.74, 6) is 0.898. The van der Waals surface area contributed by atoms with Gasteiger partial charge in [0.05, 0.1) is 10.7 Å². The van der Waals surface area contributed by atoms with E-state index in [4.69, 9.17) is 4.74 Å². The van der Waals surface area contributed by atoms with Crippen molar-refractivity contribution in [3.63, 3.8) is 0 Å². The monoisotopic (exact) mass is 290 g/mol. The van der Waals surface area contributed by atoms with Crippen LogP contribution in [-0.2, 0) is 19.6 Å². The average molecular weight is 290 g/mol. The Balaban J connectivity index is 1.83. The van der Waals surface area contributed by atoms with Crippen LogP contribution >= 0.6 is 11.3 Å². The summed E-state index contributed by atoms with van der Waals surface area (Å²) in [5.41, 5.74) is 2.30. The van der Waals surface area contributed by atoms with Crippen LogP contribution < -0.4 is 10.1 Å². The zero-order chi connectivity index (χ0) is 14.2. The van der Waals surface area contributed by atoms with Gasteiger partial charge in [-0.2, -0.15) is 0 Å². The van der Waals surface area contributed by atoms with Crippen LogP contribution in [0.25, 0.3) is 0 Å². The molecule has 20 heavy (non-hydrogen) atoms. The molecule has 1 aromatic heterocycles. The van der Waals surface area contributed by atoms with Crippen molar-refractivity contribution in [1.82, 2.24) is 10.3 Å². The van der Waals surface area contributed by atoms with Crippen LogP contribution in [0.15, 0.2) is 29.6 Å². The summed E-state index contributed by atoms with van der Waals surface area (Å²) >= 11 is 1.72. The fourth-order valence-electron chi connectivity index (χ4n) is 1.87. The van der Waals surface area contributed by atoms with Gasteiger partial charge < -0.3 is 10.1 Å². The van der Waals surface area contributed by atoms with Gasteiger partial charge in [0, 0.05) is 11.9 Å². The van der Waals surface area contributed by atoms with Crippen LogP contribution in [0, 0.1) is 0 Å². The summed E-state index contributed by atoms with van der Waals surface area (Å²) in [7, 11) is 0. The molecule has 1 N–H and O–H groups in total. The third-order valence-corrected chi connectivity index (χ3v) is 3.91. The van der Waals surface area contributed by atoms with E-state index in [1.54, 1.807) is 11.3 Å². The maximum Gasteiger partial charge on any atom is 0.131 e. The van der Waals surface area contributed by atoms with E-state index in [-0.39, 0.29) is 0 Å². The van der Waals surface area contributed by atoms with Gasteiger partial charge in [-0.05, 0) is 37.1 Å². The number of hydrogen-bond donors (Lipinski definition) is 1. The number of aromatic nitrogens is 1. The number of nitrogens with one attached hydrogen (secondary N) is 1. The third kappa shape index (κ3) is 4.62. The normalized spacial score (nSPS) is 10.7. The zero-order valence-electron chi connectivity index (χ0n) is 12.2. The predicted molar refractivity (Wildman–Crippen MR) is 84.3 cm³/mol. The summed E-state index contributed by atoms with van der Waals surface area (Å²) in [6.07, 6.45) is 2.20. The minimum atomic E-state index is 0.548. The number of nitrogens with zero attached hydrogens (tertiary/aromatic N) is 1. The second-order valence-corrected chi connectivity index (χ2v) is 5.64. The van der Waals surface area contributed by atoms with E-state index < -0.39 is 0 Å². The summed E-state index contributed by atoms with van der Waals surface area (Å²) in [6, 6.07) is 8.24. The maximum atomic E-state index is 5.77. The van der Waals surface area contributed by atoms with Crippen molar-refractivity contribution in [2.75, 3.05) is 6.54 Å². The van der Waals surface area contributed by atoms with Gasteiger partial charge in [-0.15, -0.1) is 11.3 Å². The molecule has 1 heterocycles. The molecular weight excluding hydrogens is 268 g/mol. The largest absolute Gasteiger partial charge is 0.487 e. The van der Waals surface area contributed by atoms with Crippen LogP contribution in [-0.4, -0.2) is 11.5 Å². The molecule has 0 saturated heterocycles. The topological polar surface area (TPSA) is 34.1 Å². The van der Waals surface area contributed by atoms with Crippen LogP contribution in [0.2, 0.25) is 0 Å². The number of rotatable bonds is 8. The molecule has 0 unspecified atom stereocenters. The SMILES string of the molecule is CCCc1nc(COc2ccc(CNCC)cc2)cs1. The highest BCUT2D eigenvalue weighted by molar-refractivity contribution is 7.09.